The molecule has 2 rings (SSSR count). The average Bonchev–Trinajstić information content (AvgIpc) is 2.81. The fourth-order valence-corrected chi connectivity index (χ4v) is 2.28. The predicted octanol–water partition coefficient (Wildman–Crippen LogP) is 2.41. The van der Waals surface area contributed by atoms with Crippen LogP contribution in [0, 0.1) is 0 Å². The number of aliphatic carboxylic acids is 1. The second-order valence-corrected chi connectivity index (χ2v) is 4.79. The molecule has 0 aliphatic carbocycles. The number of nitrogens with zero attached hydrogens (tertiary/aromatic N) is 2. The number of carbonyl (C=O) groups is 1. The number of carboxylic acids is 1. The Labute approximate surface area is 110 Å². The molecule has 0 aliphatic rings. The van der Waals surface area contributed by atoms with E-state index in [4.69, 9.17) is 5.11 Å². The molecule has 5 heteroatoms. The van der Waals surface area contributed by atoms with Gasteiger partial charge in [0.15, 0.2) is 0 Å². The van der Waals surface area contributed by atoms with Gasteiger partial charge in [0.25, 0.3) is 0 Å². The maximum absolute atomic E-state index is 10.7. The zero-order chi connectivity index (χ0) is 13.0. The molecule has 1 aromatic carbocycles. The summed E-state index contributed by atoms with van der Waals surface area (Å²) in [5.74, 6) is -0.808. The van der Waals surface area contributed by atoms with Crippen molar-refractivity contribution in [2.24, 2.45) is 0 Å². The van der Waals surface area contributed by atoms with Crippen molar-refractivity contribution in [3.8, 4) is 0 Å². The van der Waals surface area contributed by atoms with Crippen molar-refractivity contribution >= 4 is 23.2 Å². The normalized spacial score (nSPS) is 10.3. The lowest BCUT2D eigenvalue weighted by Crippen LogP contribution is -2.16. The minimum Gasteiger partial charge on any atom is -0.481 e. The van der Waals surface area contributed by atoms with E-state index in [1.165, 1.54) is 11.5 Å². The quantitative estimate of drug-likeness (QED) is 0.899. The van der Waals surface area contributed by atoms with Crippen LogP contribution in [-0.4, -0.2) is 22.5 Å². The fraction of sp³-hybridized carbons (Fsp3) is 0.231. The number of benzene rings is 1. The molecule has 0 radical (unpaired) electrons. The summed E-state index contributed by atoms with van der Waals surface area (Å²) in [7, 11) is 1.98. The van der Waals surface area contributed by atoms with Crippen molar-refractivity contribution in [3.63, 3.8) is 0 Å². The molecule has 4 nitrogen and oxygen atoms in total. The molecule has 0 fully saturated rings. The highest BCUT2D eigenvalue weighted by atomic mass is 32.1. The maximum atomic E-state index is 10.7. The van der Waals surface area contributed by atoms with Gasteiger partial charge in [-0.25, -0.2) is 4.37 Å². The van der Waals surface area contributed by atoms with Crippen molar-refractivity contribution in [1.82, 2.24) is 4.37 Å². The molecule has 0 saturated heterocycles. The van der Waals surface area contributed by atoms with Gasteiger partial charge in [0.2, 0.25) is 0 Å². The summed E-state index contributed by atoms with van der Waals surface area (Å²) in [6, 6.07) is 7.60. The minimum atomic E-state index is -0.808. The van der Waals surface area contributed by atoms with E-state index in [2.05, 4.69) is 9.27 Å². The van der Waals surface area contributed by atoms with Gasteiger partial charge in [-0.05, 0) is 29.2 Å². The lowest BCUT2D eigenvalue weighted by atomic mass is 10.1. The Morgan fingerprint density at radius 3 is 2.94 bits per heavy atom. The Morgan fingerprint density at radius 2 is 2.28 bits per heavy atom. The number of anilines is 1. The van der Waals surface area contributed by atoms with E-state index in [9.17, 15) is 4.79 Å². The Hall–Kier alpha value is -1.88. The van der Waals surface area contributed by atoms with Crippen LogP contribution in [0.15, 0.2) is 35.8 Å². The summed E-state index contributed by atoms with van der Waals surface area (Å²) in [6.45, 7) is 0.771. The van der Waals surface area contributed by atoms with Crippen molar-refractivity contribution in [1.29, 1.82) is 0 Å². The van der Waals surface area contributed by atoms with E-state index in [0.29, 0.717) is 0 Å². The average molecular weight is 262 g/mol. The topological polar surface area (TPSA) is 53.4 Å². The van der Waals surface area contributed by atoms with E-state index in [1.54, 1.807) is 0 Å². The summed E-state index contributed by atoms with van der Waals surface area (Å²) in [6.07, 6.45) is 1.91. The van der Waals surface area contributed by atoms with E-state index in [0.717, 1.165) is 23.4 Å². The van der Waals surface area contributed by atoms with E-state index in [1.807, 2.05) is 42.9 Å². The van der Waals surface area contributed by atoms with Crippen LogP contribution >= 0.6 is 11.5 Å². The first-order chi connectivity index (χ1) is 8.65. The first-order valence-electron chi connectivity index (χ1n) is 5.55. The van der Waals surface area contributed by atoms with Crippen LogP contribution in [0.2, 0.25) is 0 Å². The summed E-state index contributed by atoms with van der Waals surface area (Å²) in [5, 5.41) is 10.8. The lowest BCUT2D eigenvalue weighted by Gasteiger charge is -2.19. The Balaban J connectivity index is 2.10. The molecule has 2 aromatic rings. The van der Waals surface area contributed by atoms with Gasteiger partial charge in [0.1, 0.15) is 0 Å². The highest BCUT2D eigenvalue weighted by molar-refractivity contribution is 7.03. The van der Waals surface area contributed by atoms with Crippen LogP contribution in [0.5, 0.6) is 0 Å². The molecule has 0 amide bonds. The Bertz CT molecular complexity index is 526. The number of hydrogen-bond donors (Lipinski definition) is 1. The standard InChI is InChI=1S/C13H14N2O2S/c1-15(8-11-7-14-18-9-11)12-4-2-3-10(5-12)6-13(16)17/h2-5,7,9H,6,8H2,1H3,(H,16,17). The monoisotopic (exact) mass is 262 g/mol. The molecule has 0 unspecified atom stereocenters. The summed E-state index contributed by atoms with van der Waals surface area (Å²) in [4.78, 5) is 12.8. The molecule has 1 aromatic heterocycles. The SMILES string of the molecule is CN(Cc1cnsc1)c1cccc(CC(=O)O)c1. The largest absolute Gasteiger partial charge is 0.481 e. The van der Waals surface area contributed by atoms with Crippen molar-refractivity contribution in [2.45, 2.75) is 13.0 Å². The van der Waals surface area contributed by atoms with Gasteiger partial charge in [0.05, 0.1) is 6.42 Å². The molecule has 0 bridgehead atoms. The van der Waals surface area contributed by atoms with Gasteiger partial charge in [-0.15, -0.1) is 0 Å². The van der Waals surface area contributed by atoms with E-state index in [-0.39, 0.29) is 6.42 Å². The van der Waals surface area contributed by atoms with Crippen molar-refractivity contribution in [3.05, 3.63) is 47.0 Å². The van der Waals surface area contributed by atoms with Crippen LogP contribution in [0.3, 0.4) is 0 Å². The van der Waals surface area contributed by atoms with Gasteiger partial charge in [-0.1, -0.05) is 12.1 Å². The third-order valence-electron chi connectivity index (χ3n) is 2.61. The van der Waals surface area contributed by atoms with E-state index < -0.39 is 5.97 Å². The fourth-order valence-electron chi connectivity index (χ4n) is 1.75. The third kappa shape index (κ3) is 3.30. The summed E-state index contributed by atoms with van der Waals surface area (Å²) in [5.41, 5.74) is 2.99. The van der Waals surface area contributed by atoms with Crippen molar-refractivity contribution < 1.29 is 9.90 Å². The molecule has 0 atom stereocenters. The summed E-state index contributed by atoms with van der Waals surface area (Å²) >= 11 is 1.43. The van der Waals surface area contributed by atoms with E-state index >= 15 is 0 Å². The molecule has 0 saturated carbocycles. The maximum Gasteiger partial charge on any atom is 0.307 e. The van der Waals surface area contributed by atoms with Gasteiger partial charge < -0.3 is 10.0 Å². The van der Waals surface area contributed by atoms with Crippen LogP contribution in [0.4, 0.5) is 5.69 Å². The van der Waals surface area contributed by atoms with Gasteiger partial charge in [0, 0.05) is 36.4 Å². The predicted molar refractivity (Wildman–Crippen MR) is 72.0 cm³/mol. The molecular weight excluding hydrogens is 248 g/mol. The smallest absolute Gasteiger partial charge is 0.307 e. The first-order valence-corrected chi connectivity index (χ1v) is 6.39. The van der Waals surface area contributed by atoms with Crippen LogP contribution in [0.25, 0.3) is 0 Å². The highest BCUT2D eigenvalue weighted by Crippen LogP contribution is 2.18. The zero-order valence-electron chi connectivity index (χ0n) is 10.0. The van der Waals surface area contributed by atoms with Gasteiger partial charge in [-0.2, -0.15) is 0 Å². The zero-order valence-corrected chi connectivity index (χ0v) is 10.9. The van der Waals surface area contributed by atoms with Crippen LogP contribution < -0.4 is 4.90 Å². The second-order valence-electron chi connectivity index (χ2n) is 4.13. The van der Waals surface area contributed by atoms with Crippen LogP contribution in [-0.2, 0) is 17.8 Å². The molecule has 18 heavy (non-hydrogen) atoms. The molecule has 0 aliphatic heterocycles. The molecular formula is C13H14N2O2S. The van der Waals surface area contributed by atoms with Gasteiger partial charge in [-0.3, -0.25) is 4.79 Å². The Kier molecular flexibility index (Phi) is 3.94. The number of rotatable bonds is 5. The third-order valence-corrected chi connectivity index (χ3v) is 3.25. The number of carboxylic acid groups (broad SMARTS) is 1. The second kappa shape index (κ2) is 5.64. The lowest BCUT2D eigenvalue weighted by molar-refractivity contribution is -0.136. The van der Waals surface area contributed by atoms with Gasteiger partial charge >= 0.3 is 5.97 Å². The van der Waals surface area contributed by atoms with Crippen LogP contribution in [0.1, 0.15) is 11.1 Å². The molecule has 1 heterocycles. The summed E-state index contributed by atoms with van der Waals surface area (Å²) < 4.78 is 4.06. The number of aromatic nitrogens is 1. The number of hydrogen-bond acceptors (Lipinski definition) is 4. The molecule has 0 spiro atoms. The Morgan fingerprint density at radius 1 is 1.44 bits per heavy atom. The van der Waals surface area contributed by atoms with Crippen molar-refractivity contribution in [2.75, 3.05) is 11.9 Å². The minimum absolute atomic E-state index is 0.0572. The highest BCUT2D eigenvalue weighted by Gasteiger charge is 2.06. The first kappa shape index (κ1) is 12.6. The molecule has 94 valence electrons. The molecule has 1 N–H and O–H groups in total.